The van der Waals surface area contributed by atoms with E-state index in [4.69, 9.17) is 9.47 Å². The van der Waals surface area contributed by atoms with Gasteiger partial charge in [0.05, 0.1) is 0 Å². The molecule has 1 atom stereocenters. The van der Waals surface area contributed by atoms with Gasteiger partial charge < -0.3 is 10.9 Å². The summed E-state index contributed by atoms with van der Waals surface area (Å²) < 4.78 is 10.3. The van der Waals surface area contributed by atoms with Crippen LogP contribution in [0.2, 0.25) is 0 Å². The van der Waals surface area contributed by atoms with E-state index in [1.807, 2.05) is 24.3 Å². The van der Waals surface area contributed by atoms with E-state index in [2.05, 4.69) is 34.6 Å². The van der Waals surface area contributed by atoms with Crippen LogP contribution in [0.25, 0.3) is 0 Å². The number of epoxide rings is 1. The molecule has 1 unspecified atom stereocenters. The van der Waals surface area contributed by atoms with Gasteiger partial charge in [-0.3, -0.25) is 0 Å². The normalized spacial score (nSPS) is 15.1. The molecule has 0 radical (unpaired) electrons. The Morgan fingerprint density at radius 2 is 1.50 bits per heavy atom. The first-order chi connectivity index (χ1) is 8.17. The molecular weight excluding hydrogens is 298 g/mol. The van der Waals surface area contributed by atoms with Crippen molar-refractivity contribution in [2.45, 2.75) is 53.8 Å². The summed E-state index contributed by atoms with van der Waals surface area (Å²) >= 11 is 0. The Morgan fingerprint density at radius 1 is 1.11 bits per heavy atom. The second kappa shape index (κ2) is 14.2. The number of aryl methyl sites for hydroxylation is 1. The zero-order valence-corrected chi connectivity index (χ0v) is 17.7. The molecule has 0 aromatic heterocycles. The molecule has 2 nitrogen and oxygen atoms in total. The van der Waals surface area contributed by atoms with Gasteiger partial charge in [0, 0.05) is 0 Å². The molecule has 1 aliphatic rings. The maximum Gasteiger partial charge on any atom is 1.00 e. The Labute approximate surface area is 163 Å². The Morgan fingerprint density at radius 3 is 1.83 bits per heavy atom. The summed E-state index contributed by atoms with van der Waals surface area (Å²) in [5.41, 5.74) is 1.24. The van der Waals surface area contributed by atoms with Crippen molar-refractivity contribution in [1.29, 1.82) is 0 Å². The molecule has 18 heavy (non-hydrogen) atoms. The minimum absolute atomic E-state index is 0. The molecule has 0 amide bonds. The van der Waals surface area contributed by atoms with Crippen LogP contribution in [0.1, 0.15) is 47.5 Å². The average molecular weight is 325 g/mol. The largest absolute Gasteiger partial charge is 1.00 e. The molecule has 0 aliphatic carbocycles. The van der Waals surface area contributed by atoms with Crippen molar-refractivity contribution in [3.8, 4) is 5.75 Å². The van der Waals surface area contributed by atoms with Crippen LogP contribution in [0.5, 0.6) is 5.75 Å². The Balaban J connectivity index is -0.000000280. The molecule has 0 saturated carbocycles. The van der Waals surface area contributed by atoms with Crippen molar-refractivity contribution in [3.05, 3.63) is 29.8 Å². The smallest absolute Gasteiger partial charge is 1.00 e. The molecule has 0 bridgehead atoms. The molecule has 0 spiro atoms. The topological polar surface area (TPSA) is 21.8 Å². The summed E-state index contributed by atoms with van der Waals surface area (Å²) in [6.45, 7) is 11.3. The van der Waals surface area contributed by atoms with Crippen LogP contribution >= 0.6 is 0 Å². The molecule has 100 valence electrons. The van der Waals surface area contributed by atoms with Gasteiger partial charge in [-0.25, -0.2) is 0 Å². The maximum absolute atomic E-state index is 5.36. The Hall–Kier alpha value is 0.785. The number of hydrogen-bond donors (Lipinski definition) is 0. The second-order valence-corrected chi connectivity index (χ2v) is 4.11. The van der Waals surface area contributed by atoms with E-state index < -0.39 is 0 Å². The van der Waals surface area contributed by atoms with E-state index >= 15 is 0 Å². The minimum atomic E-state index is 0. The maximum atomic E-state index is 5.36. The van der Waals surface area contributed by atoms with E-state index in [0.717, 1.165) is 12.4 Å². The van der Waals surface area contributed by atoms with Crippen LogP contribution in [-0.2, 0) is 4.74 Å². The molecule has 1 fully saturated rings. The van der Waals surface area contributed by atoms with E-state index in [1.54, 1.807) is 0 Å². The van der Waals surface area contributed by atoms with Gasteiger partial charge in [0.1, 0.15) is 12.4 Å². The molecule has 1 aliphatic heterocycles. The second-order valence-electron chi connectivity index (χ2n) is 4.11. The quantitative estimate of drug-likeness (QED) is 0.772. The summed E-state index contributed by atoms with van der Waals surface area (Å²) in [7, 11) is 0. The van der Waals surface area contributed by atoms with Gasteiger partial charge in [-0.05, 0) is 19.1 Å². The molecule has 1 aromatic rings. The third kappa shape index (κ3) is 13.2. The number of hydrogen-bond acceptors (Lipinski definition) is 2. The number of ether oxygens (including phenoxy) is 2. The zero-order valence-electron chi connectivity index (χ0n) is 13.8. The van der Waals surface area contributed by atoms with Crippen molar-refractivity contribution in [2.24, 2.45) is 0 Å². The predicted molar refractivity (Wildman–Crippen MR) is 74.6 cm³/mol. The van der Waals surface area contributed by atoms with Gasteiger partial charge in [0.2, 0.25) is 6.29 Å². The zero-order chi connectivity index (χ0) is 13.1. The van der Waals surface area contributed by atoms with E-state index in [9.17, 15) is 0 Å². The first-order valence-electron chi connectivity index (χ1n) is 6.52. The van der Waals surface area contributed by atoms with Crippen molar-refractivity contribution in [3.63, 3.8) is 0 Å². The summed E-state index contributed by atoms with van der Waals surface area (Å²) in [4.78, 5) is 0. The number of rotatable bonds is 2. The van der Waals surface area contributed by atoms with Gasteiger partial charge in [-0.1, -0.05) is 58.2 Å². The van der Waals surface area contributed by atoms with Crippen molar-refractivity contribution >= 4 is 0 Å². The minimum Gasteiger partial charge on any atom is -1.00 e. The molecular formula is C15H27O2Rb. The molecule has 1 heterocycles. The van der Waals surface area contributed by atoms with Crippen LogP contribution in [-0.4, -0.2) is 12.9 Å². The van der Waals surface area contributed by atoms with Gasteiger partial charge in [0.15, 0.2) is 0 Å². The molecule has 1 saturated heterocycles. The summed E-state index contributed by atoms with van der Waals surface area (Å²) in [6.07, 6.45) is 2.51. The predicted octanol–water partition coefficient (Wildman–Crippen LogP) is 1.68. The first-order valence-corrected chi connectivity index (χ1v) is 6.52. The standard InChI is InChI=1S/C9H10O2.2C3H8.Rb.H/c1-7-2-4-8(5-3-7)11-9-6-10-9;2*1-3-2;;/h2-5,9H,6H2,1H3;2*3H2,1-2H3;;/q;;;+1;-1. The van der Waals surface area contributed by atoms with Gasteiger partial charge in [0.25, 0.3) is 0 Å². The molecule has 2 rings (SSSR count). The first kappa shape index (κ1) is 21.1. The molecule has 1 aromatic carbocycles. The summed E-state index contributed by atoms with van der Waals surface area (Å²) in [6, 6.07) is 7.96. The monoisotopic (exact) mass is 324 g/mol. The average Bonchev–Trinajstić information content (AvgIpc) is 3.08. The van der Waals surface area contributed by atoms with E-state index in [-0.39, 0.29) is 65.9 Å². The number of benzene rings is 1. The van der Waals surface area contributed by atoms with E-state index in [1.165, 1.54) is 18.4 Å². The van der Waals surface area contributed by atoms with Crippen LogP contribution in [0.4, 0.5) is 0 Å². The van der Waals surface area contributed by atoms with Gasteiger partial charge >= 0.3 is 58.2 Å². The van der Waals surface area contributed by atoms with E-state index in [0.29, 0.717) is 0 Å². The van der Waals surface area contributed by atoms with Crippen LogP contribution in [0, 0.1) is 6.92 Å². The molecule has 3 heteroatoms. The van der Waals surface area contributed by atoms with Crippen LogP contribution in [0.3, 0.4) is 0 Å². The van der Waals surface area contributed by atoms with Crippen molar-refractivity contribution in [1.82, 2.24) is 0 Å². The van der Waals surface area contributed by atoms with Gasteiger partial charge in [-0.15, -0.1) is 0 Å². The Bertz CT molecular complexity index is 272. The van der Waals surface area contributed by atoms with Gasteiger partial charge in [-0.2, -0.15) is 0 Å². The third-order valence-electron chi connectivity index (χ3n) is 1.59. The Kier molecular flexibility index (Phi) is 16.6. The molecule has 0 N–H and O–H groups in total. The third-order valence-corrected chi connectivity index (χ3v) is 1.59. The fourth-order valence-corrected chi connectivity index (χ4v) is 0.876. The van der Waals surface area contributed by atoms with Crippen molar-refractivity contribution in [2.75, 3.05) is 6.61 Å². The van der Waals surface area contributed by atoms with Crippen LogP contribution in [0.15, 0.2) is 24.3 Å². The van der Waals surface area contributed by atoms with Crippen LogP contribution < -0.4 is 62.9 Å². The van der Waals surface area contributed by atoms with Crippen molar-refractivity contribution < 1.29 is 69.1 Å². The SMILES string of the molecule is CCC.CCC.Cc1ccc(OC2CO2)cc1.[H-].[Rb+]. The fourth-order valence-electron chi connectivity index (χ4n) is 0.876. The fraction of sp³-hybridized carbons (Fsp3) is 0.600. The summed E-state index contributed by atoms with van der Waals surface area (Å²) in [5, 5.41) is 0. The summed E-state index contributed by atoms with van der Waals surface area (Å²) in [5.74, 6) is 0.887.